The lowest BCUT2D eigenvalue weighted by molar-refractivity contribution is 0.931. The van der Waals surface area contributed by atoms with Crippen LogP contribution in [0.4, 0.5) is 0 Å². The summed E-state index contributed by atoms with van der Waals surface area (Å²) in [6.07, 6.45) is 0. The van der Waals surface area contributed by atoms with Crippen molar-refractivity contribution in [2.45, 2.75) is 5.92 Å². The maximum atomic E-state index is 6.19. The monoisotopic (exact) mass is 284 g/mol. The lowest BCUT2D eigenvalue weighted by atomic mass is 9.93. The highest BCUT2D eigenvalue weighted by Crippen LogP contribution is 2.31. The fourth-order valence-electron chi connectivity index (χ4n) is 1.80. The van der Waals surface area contributed by atoms with Gasteiger partial charge in [-0.15, -0.1) is 11.6 Å². The summed E-state index contributed by atoms with van der Waals surface area (Å²) >= 11 is 18.1. The number of rotatable bonds is 3. The molecule has 2 aromatic rings. The molecule has 0 unspecified atom stereocenters. The van der Waals surface area contributed by atoms with Crippen molar-refractivity contribution >= 4 is 34.8 Å². The van der Waals surface area contributed by atoms with Crippen molar-refractivity contribution in [3.05, 3.63) is 69.7 Å². The molecular formula is C14H11Cl3. The van der Waals surface area contributed by atoms with Gasteiger partial charge < -0.3 is 0 Å². The zero-order valence-electron chi connectivity index (χ0n) is 9.04. The molecule has 0 aliphatic heterocycles. The maximum absolute atomic E-state index is 6.19. The van der Waals surface area contributed by atoms with E-state index in [-0.39, 0.29) is 5.92 Å². The highest BCUT2D eigenvalue weighted by molar-refractivity contribution is 6.31. The van der Waals surface area contributed by atoms with Gasteiger partial charge in [-0.25, -0.2) is 0 Å². The summed E-state index contributed by atoms with van der Waals surface area (Å²) in [5.74, 6) is 0.591. The van der Waals surface area contributed by atoms with Gasteiger partial charge in [0.15, 0.2) is 0 Å². The van der Waals surface area contributed by atoms with Gasteiger partial charge in [-0.05, 0) is 29.3 Å². The van der Waals surface area contributed by atoms with Crippen LogP contribution in [0.1, 0.15) is 17.0 Å². The van der Waals surface area contributed by atoms with E-state index in [4.69, 9.17) is 34.8 Å². The van der Waals surface area contributed by atoms with Crippen molar-refractivity contribution in [3.63, 3.8) is 0 Å². The first-order valence-electron chi connectivity index (χ1n) is 5.28. The van der Waals surface area contributed by atoms with Crippen LogP contribution in [0.2, 0.25) is 10.0 Å². The smallest absolute Gasteiger partial charge is 0.0444 e. The fourth-order valence-corrected chi connectivity index (χ4v) is 2.54. The second-order valence-corrected chi connectivity index (χ2v) is 4.93. The molecule has 2 rings (SSSR count). The SMILES string of the molecule is ClC[C@H](c1ccc(Cl)cc1)c1ccccc1Cl. The Morgan fingerprint density at radius 1 is 0.882 bits per heavy atom. The molecule has 0 heterocycles. The predicted octanol–water partition coefficient (Wildman–Crippen LogP) is 5.36. The maximum Gasteiger partial charge on any atom is 0.0444 e. The number of alkyl halides is 1. The Morgan fingerprint density at radius 3 is 2.12 bits per heavy atom. The number of benzene rings is 2. The van der Waals surface area contributed by atoms with Gasteiger partial charge in [0.05, 0.1) is 0 Å². The average Bonchev–Trinajstić information content (AvgIpc) is 2.35. The first kappa shape index (κ1) is 12.8. The van der Waals surface area contributed by atoms with Crippen LogP contribution >= 0.6 is 34.8 Å². The van der Waals surface area contributed by atoms with Crippen molar-refractivity contribution in [1.29, 1.82) is 0 Å². The molecule has 0 amide bonds. The predicted molar refractivity (Wildman–Crippen MR) is 75.5 cm³/mol. The van der Waals surface area contributed by atoms with Gasteiger partial charge in [0, 0.05) is 21.8 Å². The van der Waals surface area contributed by atoms with Crippen LogP contribution in [-0.4, -0.2) is 5.88 Å². The minimum absolute atomic E-state index is 0.0997. The summed E-state index contributed by atoms with van der Waals surface area (Å²) in [7, 11) is 0. The van der Waals surface area contributed by atoms with E-state index >= 15 is 0 Å². The lowest BCUT2D eigenvalue weighted by Crippen LogP contribution is -2.03. The van der Waals surface area contributed by atoms with Crippen LogP contribution in [-0.2, 0) is 0 Å². The summed E-state index contributed by atoms with van der Waals surface area (Å²) in [6.45, 7) is 0. The number of halogens is 3. The van der Waals surface area contributed by atoms with Crippen molar-refractivity contribution in [2.75, 3.05) is 5.88 Å². The normalized spacial score (nSPS) is 12.4. The summed E-state index contributed by atoms with van der Waals surface area (Å²) in [4.78, 5) is 0. The highest BCUT2D eigenvalue weighted by Gasteiger charge is 2.15. The van der Waals surface area contributed by atoms with E-state index in [2.05, 4.69) is 0 Å². The zero-order chi connectivity index (χ0) is 12.3. The molecule has 17 heavy (non-hydrogen) atoms. The van der Waals surface area contributed by atoms with Gasteiger partial charge in [0.25, 0.3) is 0 Å². The third kappa shape index (κ3) is 2.95. The number of hydrogen-bond acceptors (Lipinski definition) is 0. The Morgan fingerprint density at radius 2 is 1.53 bits per heavy atom. The van der Waals surface area contributed by atoms with Gasteiger partial charge in [0.2, 0.25) is 0 Å². The molecule has 0 radical (unpaired) electrons. The Bertz CT molecular complexity index is 491. The Hall–Kier alpha value is -0.690. The van der Waals surface area contributed by atoms with Crippen LogP contribution in [0.5, 0.6) is 0 Å². The van der Waals surface area contributed by atoms with E-state index < -0.39 is 0 Å². The van der Waals surface area contributed by atoms with E-state index in [1.807, 2.05) is 48.5 Å². The van der Waals surface area contributed by atoms with Crippen LogP contribution in [0, 0.1) is 0 Å². The van der Waals surface area contributed by atoms with Gasteiger partial charge in [0.1, 0.15) is 0 Å². The van der Waals surface area contributed by atoms with Gasteiger partial charge in [-0.1, -0.05) is 53.5 Å². The summed E-state index contributed by atoms with van der Waals surface area (Å²) in [6, 6.07) is 15.5. The first-order chi connectivity index (χ1) is 8.22. The molecule has 0 aliphatic rings. The Balaban J connectivity index is 2.40. The van der Waals surface area contributed by atoms with E-state index in [9.17, 15) is 0 Å². The quantitative estimate of drug-likeness (QED) is 0.666. The van der Waals surface area contributed by atoms with E-state index in [0.717, 1.165) is 21.2 Å². The molecule has 0 bridgehead atoms. The number of hydrogen-bond donors (Lipinski definition) is 0. The van der Waals surface area contributed by atoms with E-state index in [0.29, 0.717) is 5.88 Å². The molecule has 0 N–H and O–H groups in total. The molecule has 0 fully saturated rings. The highest BCUT2D eigenvalue weighted by atomic mass is 35.5. The molecule has 88 valence electrons. The molecular weight excluding hydrogens is 275 g/mol. The zero-order valence-corrected chi connectivity index (χ0v) is 11.3. The molecule has 0 saturated heterocycles. The third-order valence-electron chi connectivity index (χ3n) is 2.71. The van der Waals surface area contributed by atoms with Crippen LogP contribution < -0.4 is 0 Å². The van der Waals surface area contributed by atoms with Crippen molar-refractivity contribution < 1.29 is 0 Å². The van der Waals surface area contributed by atoms with Crippen molar-refractivity contribution in [1.82, 2.24) is 0 Å². The van der Waals surface area contributed by atoms with Crippen molar-refractivity contribution in [2.24, 2.45) is 0 Å². The Kier molecular flexibility index (Phi) is 4.33. The Labute approximate surface area is 116 Å². The minimum Gasteiger partial charge on any atom is -0.126 e. The first-order valence-corrected chi connectivity index (χ1v) is 6.57. The minimum atomic E-state index is 0.0997. The lowest BCUT2D eigenvalue weighted by Gasteiger charge is -2.16. The van der Waals surface area contributed by atoms with Crippen LogP contribution in [0.25, 0.3) is 0 Å². The molecule has 0 aliphatic carbocycles. The molecule has 1 atom stereocenters. The molecule has 0 saturated carbocycles. The second-order valence-electron chi connectivity index (χ2n) is 3.78. The van der Waals surface area contributed by atoms with Crippen LogP contribution in [0.3, 0.4) is 0 Å². The molecule has 0 aromatic heterocycles. The standard InChI is InChI=1S/C14H11Cl3/c15-9-13(10-5-7-11(16)8-6-10)12-3-1-2-4-14(12)17/h1-8,13H,9H2/t13-/m1/s1. The average molecular weight is 286 g/mol. The van der Waals surface area contributed by atoms with Gasteiger partial charge in [-0.2, -0.15) is 0 Å². The summed E-state index contributed by atoms with van der Waals surface area (Å²) < 4.78 is 0. The van der Waals surface area contributed by atoms with Crippen molar-refractivity contribution in [3.8, 4) is 0 Å². The third-order valence-corrected chi connectivity index (χ3v) is 3.61. The van der Waals surface area contributed by atoms with Crippen LogP contribution in [0.15, 0.2) is 48.5 Å². The topological polar surface area (TPSA) is 0 Å². The van der Waals surface area contributed by atoms with Gasteiger partial charge in [-0.3, -0.25) is 0 Å². The molecule has 0 spiro atoms. The van der Waals surface area contributed by atoms with E-state index in [1.54, 1.807) is 0 Å². The largest absolute Gasteiger partial charge is 0.126 e. The fraction of sp³-hybridized carbons (Fsp3) is 0.143. The second kappa shape index (κ2) is 5.77. The summed E-state index contributed by atoms with van der Waals surface area (Å²) in [5.41, 5.74) is 2.17. The molecule has 2 aromatic carbocycles. The van der Waals surface area contributed by atoms with Gasteiger partial charge >= 0.3 is 0 Å². The summed E-state index contributed by atoms with van der Waals surface area (Å²) in [5, 5.41) is 1.47. The molecule has 3 heteroatoms. The molecule has 0 nitrogen and oxygen atoms in total. The van der Waals surface area contributed by atoms with E-state index in [1.165, 1.54) is 0 Å².